The molecule has 0 aliphatic carbocycles. The Balaban J connectivity index is 0.000000212. The van der Waals surface area contributed by atoms with E-state index in [4.69, 9.17) is 22.3 Å². The number of anilines is 2. The van der Waals surface area contributed by atoms with Crippen LogP contribution < -0.4 is 22.1 Å². The first-order chi connectivity index (χ1) is 16.3. The number of fused-ring (bicyclic) bond motifs is 1. The number of aromatic nitrogens is 1. The number of benzene rings is 3. The van der Waals surface area contributed by atoms with Crippen LogP contribution >= 0.6 is 11.3 Å². The molecule has 9 nitrogen and oxygen atoms in total. The summed E-state index contributed by atoms with van der Waals surface area (Å²) in [6.45, 7) is -0.0734. The van der Waals surface area contributed by atoms with Crippen LogP contribution in [0.2, 0.25) is 0 Å². The second-order valence-corrected chi connectivity index (χ2v) is 8.19. The standard InChI is InChI=1S/C16H16N2O3.C8H7N3OS/c17-10-12-5-4-8-14(9-12)18(11-15(19)20)16(21)13-6-2-1-3-7-13;9-7(12)4-1-2-5-6(3-4)13-8(10)11-5/h1-9H,10-11,17H2,(H,19,20);1-3H,(H2,9,12)(H2,10,11). The highest BCUT2D eigenvalue weighted by molar-refractivity contribution is 7.22. The minimum absolute atomic E-state index is 0.328. The van der Waals surface area contributed by atoms with Crippen molar-refractivity contribution in [2.45, 2.75) is 6.54 Å². The Bertz CT molecular complexity index is 1320. The molecule has 7 N–H and O–H groups in total. The molecule has 3 aromatic carbocycles. The summed E-state index contributed by atoms with van der Waals surface area (Å²) in [4.78, 5) is 39.7. The molecule has 0 spiro atoms. The number of thiazole rings is 1. The van der Waals surface area contributed by atoms with Gasteiger partial charge in [-0.25, -0.2) is 4.98 Å². The zero-order chi connectivity index (χ0) is 24.7. The molecular weight excluding hydrogens is 454 g/mol. The minimum Gasteiger partial charge on any atom is -0.480 e. The third-order valence-corrected chi connectivity index (χ3v) is 5.55. The normalized spacial score (nSPS) is 10.3. The van der Waals surface area contributed by atoms with Crippen molar-refractivity contribution in [2.75, 3.05) is 17.2 Å². The van der Waals surface area contributed by atoms with E-state index in [-0.39, 0.29) is 5.91 Å². The number of carboxylic acid groups (broad SMARTS) is 1. The lowest BCUT2D eigenvalue weighted by Gasteiger charge is -2.21. The van der Waals surface area contributed by atoms with Gasteiger partial charge in [0.15, 0.2) is 5.13 Å². The molecule has 0 saturated heterocycles. The molecule has 2 amide bonds. The third kappa shape index (κ3) is 6.15. The summed E-state index contributed by atoms with van der Waals surface area (Å²) in [6.07, 6.45) is 0. The Kier molecular flexibility index (Phi) is 7.91. The number of carbonyl (C=O) groups is 3. The highest BCUT2D eigenvalue weighted by Crippen LogP contribution is 2.24. The average Bonchev–Trinajstić information content (AvgIpc) is 3.22. The van der Waals surface area contributed by atoms with Crippen LogP contribution in [0.1, 0.15) is 26.3 Å². The van der Waals surface area contributed by atoms with E-state index in [1.807, 2.05) is 6.07 Å². The first-order valence-electron chi connectivity index (χ1n) is 10.1. The maximum absolute atomic E-state index is 12.5. The zero-order valence-electron chi connectivity index (χ0n) is 18.0. The Morgan fingerprint density at radius 1 is 0.941 bits per heavy atom. The van der Waals surface area contributed by atoms with Crippen molar-refractivity contribution in [3.8, 4) is 0 Å². The lowest BCUT2D eigenvalue weighted by Crippen LogP contribution is -2.35. The Morgan fingerprint density at radius 2 is 1.68 bits per heavy atom. The van der Waals surface area contributed by atoms with Gasteiger partial charge in [0.1, 0.15) is 6.54 Å². The predicted octanol–water partition coefficient (Wildman–Crippen LogP) is 2.85. The van der Waals surface area contributed by atoms with Crippen LogP contribution in [0.5, 0.6) is 0 Å². The number of primary amides is 1. The smallest absolute Gasteiger partial charge is 0.323 e. The highest BCUT2D eigenvalue weighted by atomic mass is 32.1. The van der Waals surface area contributed by atoms with Crippen LogP contribution in [0.15, 0.2) is 72.8 Å². The number of nitrogen functional groups attached to an aromatic ring is 1. The van der Waals surface area contributed by atoms with Gasteiger partial charge in [-0.3, -0.25) is 19.3 Å². The number of carboxylic acids is 1. The number of amides is 2. The van der Waals surface area contributed by atoms with E-state index in [2.05, 4.69) is 4.98 Å². The summed E-state index contributed by atoms with van der Waals surface area (Å²) < 4.78 is 0.883. The second kappa shape index (κ2) is 11.0. The molecule has 0 fully saturated rings. The molecule has 0 bridgehead atoms. The zero-order valence-corrected chi connectivity index (χ0v) is 18.9. The maximum atomic E-state index is 12.5. The van der Waals surface area contributed by atoms with Gasteiger partial charge < -0.3 is 22.3 Å². The van der Waals surface area contributed by atoms with Gasteiger partial charge in [0.05, 0.1) is 10.2 Å². The van der Waals surface area contributed by atoms with Gasteiger partial charge in [0.2, 0.25) is 5.91 Å². The monoisotopic (exact) mass is 477 g/mol. The number of aliphatic carboxylic acids is 1. The van der Waals surface area contributed by atoms with Crippen molar-refractivity contribution < 1.29 is 19.5 Å². The molecule has 174 valence electrons. The summed E-state index contributed by atoms with van der Waals surface area (Å²) in [5.41, 5.74) is 19.3. The fourth-order valence-corrected chi connectivity index (χ4v) is 3.87. The largest absolute Gasteiger partial charge is 0.480 e. The van der Waals surface area contributed by atoms with Gasteiger partial charge in [-0.05, 0) is 48.0 Å². The molecule has 10 heteroatoms. The molecule has 1 aromatic heterocycles. The summed E-state index contributed by atoms with van der Waals surface area (Å²) in [6, 6.07) is 20.7. The molecule has 4 rings (SSSR count). The van der Waals surface area contributed by atoms with Crippen molar-refractivity contribution in [1.82, 2.24) is 4.98 Å². The van der Waals surface area contributed by atoms with Crippen LogP contribution in [0.3, 0.4) is 0 Å². The van der Waals surface area contributed by atoms with Crippen LogP contribution in [-0.4, -0.2) is 34.4 Å². The highest BCUT2D eigenvalue weighted by Gasteiger charge is 2.20. The SMILES string of the molecule is NC(=O)c1ccc2nc(N)sc2c1.NCc1cccc(N(CC(=O)O)C(=O)c2ccccc2)c1. The van der Waals surface area contributed by atoms with Crippen molar-refractivity contribution in [1.29, 1.82) is 0 Å². The average molecular weight is 478 g/mol. The van der Waals surface area contributed by atoms with Crippen LogP contribution in [-0.2, 0) is 11.3 Å². The lowest BCUT2D eigenvalue weighted by atomic mass is 10.1. The topological polar surface area (TPSA) is 166 Å². The summed E-state index contributed by atoms with van der Waals surface area (Å²) in [5, 5.41) is 9.55. The van der Waals surface area contributed by atoms with Gasteiger partial charge in [0.25, 0.3) is 5.91 Å². The number of rotatable bonds is 6. The number of nitrogens with zero attached hydrogens (tertiary/aromatic N) is 2. The molecule has 1 heterocycles. The van der Waals surface area contributed by atoms with Gasteiger partial charge in [0, 0.05) is 23.4 Å². The third-order valence-electron chi connectivity index (χ3n) is 4.71. The quantitative estimate of drug-likeness (QED) is 0.331. The van der Waals surface area contributed by atoms with E-state index in [9.17, 15) is 14.4 Å². The summed E-state index contributed by atoms with van der Waals surface area (Å²) in [7, 11) is 0. The maximum Gasteiger partial charge on any atom is 0.323 e. The van der Waals surface area contributed by atoms with E-state index < -0.39 is 18.4 Å². The first-order valence-corrected chi connectivity index (χ1v) is 10.9. The number of hydrogen-bond acceptors (Lipinski definition) is 7. The van der Waals surface area contributed by atoms with Crippen LogP contribution in [0.25, 0.3) is 10.2 Å². The Labute approximate surface area is 199 Å². The number of nitrogens with two attached hydrogens (primary N) is 3. The molecule has 0 aliphatic rings. The van der Waals surface area contributed by atoms with Gasteiger partial charge in [-0.15, -0.1) is 0 Å². The number of hydrogen-bond donors (Lipinski definition) is 4. The van der Waals surface area contributed by atoms with Gasteiger partial charge >= 0.3 is 5.97 Å². The van der Waals surface area contributed by atoms with E-state index in [0.29, 0.717) is 28.5 Å². The van der Waals surface area contributed by atoms with E-state index in [1.54, 1.807) is 66.7 Å². The minimum atomic E-state index is -1.07. The summed E-state index contributed by atoms with van der Waals surface area (Å²) >= 11 is 1.34. The lowest BCUT2D eigenvalue weighted by molar-refractivity contribution is -0.135. The molecule has 34 heavy (non-hydrogen) atoms. The Morgan fingerprint density at radius 3 is 2.32 bits per heavy atom. The molecule has 0 aliphatic heterocycles. The molecular formula is C24H23N5O4S. The summed E-state index contributed by atoms with van der Waals surface area (Å²) in [5.74, 6) is -1.86. The van der Waals surface area contributed by atoms with Crippen molar-refractivity contribution in [3.05, 3.63) is 89.5 Å². The van der Waals surface area contributed by atoms with Crippen molar-refractivity contribution in [2.24, 2.45) is 11.5 Å². The van der Waals surface area contributed by atoms with E-state index >= 15 is 0 Å². The first kappa shape index (κ1) is 24.4. The molecule has 0 unspecified atom stereocenters. The molecule has 0 atom stereocenters. The fourth-order valence-electron chi connectivity index (χ4n) is 3.10. The fraction of sp³-hybridized carbons (Fsp3) is 0.0833. The number of carbonyl (C=O) groups excluding carboxylic acids is 2. The van der Waals surface area contributed by atoms with Gasteiger partial charge in [-0.1, -0.05) is 41.7 Å². The van der Waals surface area contributed by atoms with E-state index in [1.165, 1.54) is 16.2 Å². The molecule has 0 radical (unpaired) electrons. The van der Waals surface area contributed by atoms with Crippen molar-refractivity contribution >= 4 is 50.2 Å². The second-order valence-electron chi connectivity index (χ2n) is 7.12. The predicted molar refractivity (Wildman–Crippen MR) is 133 cm³/mol. The Hall–Kier alpha value is -4.28. The van der Waals surface area contributed by atoms with Gasteiger partial charge in [-0.2, -0.15) is 0 Å². The van der Waals surface area contributed by atoms with E-state index in [0.717, 1.165) is 15.8 Å². The molecule has 4 aromatic rings. The van der Waals surface area contributed by atoms with Crippen LogP contribution in [0, 0.1) is 0 Å². The molecule has 0 saturated carbocycles. The van der Waals surface area contributed by atoms with Crippen molar-refractivity contribution in [3.63, 3.8) is 0 Å². The van der Waals surface area contributed by atoms with Crippen LogP contribution in [0.4, 0.5) is 10.8 Å².